The lowest BCUT2D eigenvalue weighted by Crippen LogP contribution is -2.18. The van der Waals surface area contributed by atoms with Crippen molar-refractivity contribution in [3.05, 3.63) is 51.7 Å². The molecule has 0 atom stereocenters. The van der Waals surface area contributed by atoms with Crippen molar-refractivity contribution in [1.82, 2.24) is 19.7 Å². The summed E-state index contributed by atoms with van der Waals surface area (Å²) in [6.07, 6.45) is 8.39. The molecular formula is C20H22ClN5OS2. The third-order valence-electron chi connectivity index (χ3n) is 4.95. The highest BCUT2D eigenvalue weighted by atomic mass is 35.5. The van der Waals surface area contributed by atoms with Gasteiger partial charge in [0.2, 0.25) is 5.91 Å². The summed E-state index contributed by atoms with van der Waals surface area (Å²) in [5, 5.41) is 14.9. The lowest BCUT2D eigenvalue weighted by atomic mass is 9.95. The van der Waals surface area contributed by atoms with Crippen LogP contribution in [-0.2, 0) is 11.2 Å². The largest absolute Gasteiger partial charge is 0.323 e. The molecule has 4 rings (SSSR count). The van der Waals surface area contributed by atoms with E-state index in [4.69, 9.17) is 11.6 Å². The van der Waals surface area contributed by atoms with Crippen LogP contribution in [0.3, 0.4) is 0 Å². The zero-order valence-corrected chi connectivity index (χ0v) is 18.3. The fraction of sp³-hybridized carbons (Fsp3) is 0.400. The lowest BCUT2D eigenvalue weighted by molar-refractivity contribution is -0.113. The van der Waals surface area contributed by atoms with E-state index in [0.29, 0.717) is 11.7 Å². The molecule has 152 valence electrons. The van der Waals surface area contributed by atoms with Gasteiger partial charge >= 0.3 is 0 Å². The summed E-state index contributed by atoms with van der Waals surface area (Å²) in [4.78, 5) is 17.7. The number of hydrogen-bond donors (Lipinski definition) is 1. The highest BCUT2D eigenvalue weighted by Gasteiger charge is 2.24. The van der Waals surface area contributed by atoms with Crippen molar-refractivity contribution in [2.45, 2.75) is 49.7 Å². The smallest absolute Gasteiger partial charge is 0.234 e. The Kier molecular flexibility index (Phi) is 6.84. The molecule has 0 bridgehead atoms. The Morgan fingerprint density at radius 1 is 1.24 bits per heavy atom. The topological polar surface area (TPSA) is 72.7 Å². The van der Waals surface area contributed by atoms with Gasteiger partial charge in [-0.25, -0.2) is 4.98 Å². The Hall–Kier alpha value is -1.90. The van der Waals surface area contributed by atoms with Crippen LogP contribution in [0.15, 0.2) is 41.0 Å². The van der Waals surface area contributed by atoms with Gasteiger partial charge in [-0.15, -0.1) is 21.5 Å². The van der Waals surface area contributed by atoms with Gasteiger partial charge in [-0.05, 0) is 36.4 Å². The second kappa shape index (κ2) is 9.73. The predicted molar refractivity (Wildman–Crippen MR) is 118 cm³/mol. The van der Waals surface area contributed by atoms with Crippen LogP contribution in [0.5, 0.6) is 0 Å². The number of amides is 1. The number of halogens is 1. The minimum atomic E-state index is -0.136. The molecule has 1 amide bonds. The molecule has 0 spiro atoms. The first kappa shape index (κ1) is 20.4. The Balaban J connectivity index is 1.48. The summed E-state index contributed by atoms with van der Waals surface area (Å²) in [6.45, 7) is 0. The molecule has 29 heavy (non-hydrogen) atoms. The van der Waals surface area contributed by atoms with Gasteiger partial charge in [-0.1, -0.05) is 48.7 Å². The number of pyridine rings is 1. The van der Waals surface area contributed by atoms with Crippen molar-refractivity contribution < 1.29 is 4.79 Å². The lowest BCUT2D eigenvalue weighted by Gasteiger charge is -2.25. The summed E-state index contributed by atoms with van der Waals surface area (Å²) in [7, 11) is 0. The maximum absolute atomic E-state index is 12.4. The fourth-order valence-electron chi connectivity index (χ4n) is 3.60. The molecule has 3 heterocycles. The van der Waals surface area contributed by atoms with E-state index >= 15 is 0 Å². The Bertz CT molecular complexity index is 954. The first-order valence-corrected chi connectivity index (χ1v) is 11.9. The van der Waals surface area contributed by atoms with Gasteiger partial charge < -0.3 is 9.88 Å². The van der Waals surface area contributed by atoms with Gasteiger partial charge in [0, 0.05) is 23.5 Å². The molecule has 1 aliphatic rings. The van der Waals surface area contributed by atoms with Crippen LogP contribution < -0.4 is 5.32 Å². The summed E-state index contributed by atoms with van der Waals surface area (Å²) < 4.78 is 2.27. The first-order valence-electron chi connectivity index (χ1n) is 9.70. The van der Waals surface area contributed by atoms with E-state index in [-0.39, 0.29) is 16.8 Å². The number of aromatic nitrogens is 4. The molecule has 9 heteroatoms. The number of anilines is 1. The van der Waals surface area contributed by atoms with Crippen molar-refractivity contribution in [1.29, 1.82) is 0 Å². The number of hydrogen-bond acceptors (Lipinski definition) is 6. The molecule has 1 N–H and O–H groups in total. The monoisotopic (exact) mass is 447 g/mol. The van der Waals surface area contributed by atoms with Gasteiger partial charge in [0.15, 0.2) is 10.3 Å². The second-order valence-electron chi connectivity index (χ2n) is 7.00. The van der Waals surface area contributed by atoms with E-state index in [0.717, 1.165) is 30.2 Å². The van der Waals surface area contributed by atoms with Gasteiger partial charge in [0.05, 0.1) is 11.4 Å². The summed E-state index contributed by atoms with van der Waals surface area (Å²) >= 11 is 9.18. The summed E-state index contributed by atoms with van der Waals surface area (Å²) in [5.74, 6) is 1.09. The van der Waals surface area contributed by atoms with E-state index < -0.39 is 0 Å². The molecule has 0 aliphatic heterocycles. The third kappa shape index (κ3) is 5.18. The fourth-order valence-corrected chi connectivity index (χ4v) is 5.29. The van der Waals surface area contributed by atoms with Crippen molar-refractivity contribution in [3.8, 4) is 0 Å². The van der Waals surface area contributed by atoms with Gasteiger partial charge in [0.1, 0.15) is 5.82 Å². The normalized spacial score (nSPS) is 14.8. The number of thiophene rings is 1. The van der Waals surface area contributed by atoms with Crippen molar-refractivity contribution in [3.63, 3.8) is 0 Å². The third-order valence-corrected chi connectivity index (χ3v) is 7.07. The van der Waals surface area contributed by atoms with Crippen LogP contribution >= 0.6 is 34.7 Å². The molecule has 3 aromatic heterocycles. The van der Waals surface area contributed by atoms with Gasteiger partial charge in [-0.3, -0.25) is 4.79 Å². The molecule has 0 unspecified atom stereocenters. The Morgan fingerprint density at radius 2 is 2.10 bits per heavy atom. The van der Waals surface area contributed by atoms with E-state index in [2.05, 4.69) is 42.6 Å². The molecule has 0 aromatic carbocycles. The molecule has 0 saturated heterocycles. The Morgan fingerprint density at radius 3 is 2.86 bits per heavy atom. The van der Waals surface area contributed by atoms with E-state index in [9.17, 15) is 4.79 Å². The van der Waals surface area contributed by atoms with Crippen molar-refractivity contribution in [2.24, 2.45) is 0 Å². The molecule has 1 saturated carbocycles. The first-order chi connectivity index (χ1) is 14.2. The van der Waals surface area contributed by atoms with Crippen LogP contribution in [0, 0.1) is 0 Å². The quantitative estimate of drug-likeness (QED) is 0.397. The summed E-state index contributed by atoms with van der Waals surface area (Å²) in [6, 6.07) is 8.08. The number of nitrogens with one attached hydrogen (secondary N) is 1. The van der Waals surface area contributed by atoms with Crippen LogP contribution in [-0.4, -0.2) is 31.4 Å². The average Bonchev–Trinajstić information content (AvgIpc) is 3.39. The van der Waals surface area contributed by atoms with Crippen molar-refractivity contribution in [2.75, 3.05) is 11.1 Å². The van der Waals surface area contributed by atoms with Crippen molar-refractivity contribution >= 4 is 46.3 Å². The minimum absolute atomic E-state index is 0.136. The van der Waals surface area contributed by atoms with Gasteiger partial charge in [-0.2, -0.15) is 0 Å². The highest BCUT2D eigenvalue weighted by Crippen LogP contribution is 2.33. The van der Waals surface area contributed by atoms with Crippen LogP contribution in [0.4, 0.5) is 5.69 Å². The predicted octanol–water partition coefficient (Wildman–Crippen LogP) is 5.21. The zero-order chi connectivity index (χ0) is 20.1. The molecule has 1 fully saturated rings. The summed E-state index contributed by atoms with van der Waals surface area (Å²) in [5.41, 5.74) is 0.520. The number of thioether (sulfide) groups is 1. The molecule has 1 aliphatic carbocycles. The van der Waals surface area contributed by atoms with E-state index in [1.165, 1.54) is 35.9 Å². The maximum atomic E-state index is 12.4. The number of rotatable bonds is 7. The number of nitrogens with zero attached hydrogens (tertiary/aromatic N) is 4. The van der Waals surface area contributed by atoms with E-state index in [1.54, 1.807) is 29.7 Å². The van der Waals surface area contributed by atoms with Gasteiger partial charge in [0.25, 0.3) is 0 Å². The van der Waals surface area contributed by atoms with E-state index in [1.807, 2.05) is 0 Å². The standard InChI is InChI=1S/C20H22ClN5OS2/c21-19-16(9-4-10-22-19)23-18(27)13-29-20-25-24-17(12-15-8-5-11-28-15)26(20)14-6-2-1-3-7-14/h4-5,8-11,14H,1-3,6-7,12-13H2,(H,23,27). The molecule has 0 radical (unpaired) electrons. The highest BCUT2D eigenvalue weighted by molar-refractivity contribution is 7.99. The average molecular weight is 448 g/mol. The Labute approximate surface area is 183 Å². The van der Waals surface area contributed by atoms with Crippen LogP contribution in [0.1, 0.15) is 48.8 Å². The van der Waals surface area contributed by atoms with Crippen LogP contribution in [0.2, 0.25) is 5.15 Å². The SMILES string of the molecule is O=C(CSc1nnc(Cc2cccs2)n1C1CCCCC1)Nc1cccnc1Cl. The number of carbonyl (C=O) groups excluding carboxylic acids is 1. The minimum Gasteiger partial charge on any atom is -0.323 e. The molecule has 3 aromatic rings. The zero-order valence-electron chi connectivity index (χ0n) is 15.9. The maximum Gasteiger partial charge on any atom is 0.234 e. The van der Waals surface area contributed by atoms with Crippen LogP contribution in [0.25, 0.3) is 0 Å². The number of carbonyl (C=O) groups is 1. The second-order valence-corrected chi connectivity index (χ2v) is 9.33. The molecular weight excluding hydrogens is 426 g/mol. The molecule has 6 nitrogen and oxygen atoms in total.